The highest BCUT2D eigenvalue weighted by molar-refractivity contribution is 5.78. The normalized spacial score (nSPS) is 20.0. The molecule has 5 heteroatoms. The lowest BCUT2D eigenvalue weighted by atomic mass is 9.85. The molecule has 1 fully saturated rings. The molecule has 168 valence electrons. The van der Waals surface area contributed by atoms with Gasteiger partial charge in [-0.05, 0) is 55.5 Å². The summed E-state index contributed by atoms with van der Waals surface area (Å²) < 4.78 is 19.2. The first kappa shape index (κ1) is 23.3. The van der Waals surface area contributed by atoms with Gasteiger partial charge >= 0.3 is 0 Å². The quantitative estimate of drug-likeness (QED) is 0.680. The molecule has 0 unspecified atom stereocenters. The van der Waals surface area contributed by atoms with Crippen LogP contribution in [0.3, 0.4) is 0 Å². The fraction of sp³-hybridized carbons (Fsp3) is 0.500. The van der Waals surface area contributed by atoms with Crippen LogP contribution in [0.4, 0.5) is 4.39 Å². The second kappa shape index (κ2) is 9.39. The van der Waals surface area contributed by atoms with Crippen molar-refractivity contribution < 1.29 is 13.9 Å². The van der Waals surface area contributed by atoms with Crippen molar-refractivity contribution in [1.82, 2.24) is 9.80 Å². The number of nitrogens with zero attached hydrogens (tertiary/aromatic N) is 2. The van der Waals surface area contributed by atoms with Gasteiger partial charge in [-0.3, -0.25) is 9.69 Å². The van der Waals surface area contributed by atoms with E-state index in [2.05, 4.69) is 52.5 Å². The number of aryl methyl sites for hydroxylation is 1. The van der Waals surface area contributed by atoms with Gasteiger partial charge in [0.1, 0.15) is 11.6 Å². The zero-order valence-electron chi connectivity index (χ0n) is 19.6. The number of rotatable bonds is 5. The van der Waals surface area contributed by atoms with E-state index < -0.39 is 0 Å². The average Bonchev–Trinajstić information content (AvgIpc) is 2.70. The van der Waals surface area contributed by atoms with E-state index in [1.807, 2.05) is 29.2 Å². The molecule has 4 nitrogen and oxygen atoms in total. The molecule has 2 aromatic carbocycles. The summed E-state index contributed by atoms with van der Waals surface area (Å²) in [6, 6.07) is 13.1. The number of hydrogen-bond acceptors (Lipinski definition) is 3. The van der Waals surface area contributed by atoms with Crippen molar-refractivity contribution in [3.63, 3.8) is 0 Å². The Kier molecular flexibility index (Phi) is 7.05. The van der Waals surface area contributed by atoms with E-state index in [1.165, 1.54) is 17.7 Å². The molecule has 0 spiro atoms. The number of hydrogen-bond donors (Lipinski definition) is 0. The molecule has 3 rings (SSSR count). The van der Waals surface area contributed by atoms with E-state index in [1.54, 1.807) is 0 Å². The molecule has 1 amide bonds. The first-order valence-corrected chi connectivity index (χ1v) is 11.1. The molecule has 2 aromatic rings. The second-order valence-electron chi connectivity index (χ2n) is 9.84. The van der Waals surface area contributed by atoms with Gasteiger partial charge in [0.2, 0.25) is 0 Å². The summed E-state index contributed by atoms with van der Waals surface area (Å²) >= 11 is 0. The topological polar surface area (TPSA) is 32.8 Å². The average molecular weight is 427 g/mol. The van der Waals surface area contributed by atoms with Crippen molar-refractivity contribution in [2.45, 2.75) is 65.6 Å². The van der Waals surface area contributed by atoms with Crippen molar-refractivity contribution in [3.8, 4) is 5.75 Å². The van der Waals surface area contributed by atoms with Crippen LogP contribution in [0.1, 0.15) is 51.3 Å². The van der Waals surface area contributed by atoms with E-state index in [4.69, 9.17) is 4.74 Å². The maximum absolute atomic E-state index is 13.2. The lowest BCUT2D eigenvalue weighted by Gasteiger charge is -2.44. The van der Waals surface area contributed by atoms with Crippen LogP contribution in [-0.2, 0) is 16.8 Å². The third kappa shape index (κ3) is 5.85. The Balaban J connectivity index is 1.61. The highest BCUT2D eigenvalue weighted by Crippen LogP contribution is 2.32. The van der Waals surface area contributed by atoms with Gasteiger partial charge in [-0.25, -0.2) is 4.39 Å². The van der Waals surface area contributed by atoms with E-state index in [0.29, 0.717) is 6.54 Å². The molecular formula is C26H35FN2O2. The Morgan fingerprint density at radius 2 is 1.74 bits per heavy atom. The van der Waals surface area contributed by atoms with Crippen LogP contribution >= 0.6 is 0 Å². The summed E-state index contributed by atoms with van der Waals surface area (Å²) in [6.45, 7) is 15.0. The number of amides is 1. The van der Waals surface area contributed by atoms with Gasteiger partial charge in [0, 0.05) is 31.7 Å². The molecule has 0 radical (unpaired) electrons. The third-order valence-corrected chi connectivity index (χ3v) is 6.03. The Hall–Kier alpha value is -2.40. The largest absolute Gasteiger partial charge is 0.483 e. The van der Waals surface area contributed by atoms with Gasteiger partial charge in [-0.2, -0.15) is 0 Å². The fourth-order valence-electron chi connectivity index (χ4n) is 4.17. The lowest BCUT2D eigenvalue weighted by molar-refractivity contribution is -0.139. The Labute approximate surface area is 186 Å². The Morgan fingerprint density at radius 3 is 2.39 bits per heavy atom. The lowest BCUT2D eigenvalue weighted by Crippen LogP contribution is -2.58. The number of carbonyl (C=O) groups excluding carboxylic acids is 1. The summed E-state index contributed by atoms with van der Waals surface area (Å²) in [7, 11) is 0. The van der Waals surface area contributed by atoms with Crippen LogP contribution < -0.4 is 4.74 Å². The minimum absolute atomic E-state index is 0.0150. The summed E-state index contributed by atoms with van der Waals surface area (Å²) in [6.07, 6.45) is 0. The highest BCUT2D eigenvalue weighted by Gasteiger charge is 2.32. The van der Waals surface area contributed by atoms with Crippen molar-refractivity contribution in [1.29, 1.82) is 0 Å². The van der Waals surface area contributed by atoms with E-state index in [0.717, 1.165) is 30.0 Å². The zero-order chi connectivity index (χ0) is 22.8. The van der Waals surface area contributed by atoms with Crippen molar-refractivity contribution in [3.05, 3.63) is 65.0 Å². The Morgan fingerprint density at radius 1 is 1.06 bits per heavy atom. The minimum Gasteiger partial charge on any atom is -0.483 e. The molecule has 1 saturated heterocycles. The highest BCUT2D eigenvalue weighted by atomic mass is 19.1. The maximum atomic E-state index is 13.2. The van der Waals surface area contributed by atoms with E-state index in [-0.39, 0.29) is 35.8 Å². The number of carbonyl (C=O) groups is 1. The summed E-state index contributed by atoms with van der Waals surface area (Å²) in [5.74, 6) is 0.576. The van der Waals surface area contributed by atoms with Gasteiger partial charge < -0.3 is 9.64 Å². The van der Waals surface area contributed by atoms with E-state index in [9.17, 15) is 9.18 Å². The molecule has 0 N–H and O–H groups in total. The molecule has 0 bridgehead atoms. The molecule has 31 heavy (non-hydrogen) atoms. The van der Waals surface area contributed by atoms with Crippen LogP contribution in [0.25, 0.3) is 0 Å². The van der Waals surface area contributed by atoms with Crippen molar-refractivity contribution >= 4 is 5.91 Å². The van der Waals surface area contributed by atoms with Crippen LogP contribution in [-0.4, -0.2) is 47.5 Å². The fourth-order valence-corrected chi connectivity index (χ4v) is 4.17. The van der Waals surface area contributed by atoms with Crippen molar-refractivity contribution in [2.75, 3.05) is 19.7 Å². The first-order valence-electron chi connectivity index (χ1n) is 11.1. The minimum atomic E-state index is -0.219. The SMILES string of the molecule is Cc1ccc(OCC(=O)N2C[C@@H](C)N(Cc3ccc(F)cc3)C[C@@H]2C)c(C(C)(C)C)c1. The van der Waals surface area contributed by atoms with Gasteiger partial charge in [0.25, 0.3) is 5.91 Å². The van der Waals surface area contributed by atoms with Crippen LogP contribution in [0, 0.1) is 12.7 Å². The predicted molar refractivity (Wildman–Crippen MR) is 123 cm³/mol. The first-order chi connectivity index (χ1) is 14.5. The predicted octanol–water partition coefficient (Wildman–Crippen LogP) is 4.93. The molecule has 1 aliphatic rings. The maximum Gasteiger partial charge on any atom is 0.260 e. The molecule has 1 aliphatic heterocycles. The van der Waals surface area contributed by atoms with Gasteiger partial charge in [-0.15, -0.1) is 0 Å². The molecular weight excluding hydrogens is 391 g/mol. The number of piperazine rings is 1. The second-order valence-corrected chi connectivity index (χ2v) is 9.84. The molecule has 2 atom stereocenters. The smallest absolute Gasteiger partial charge is 0.260 e. The third-order valence-electron chi connectivity index (χ3n) is 6.03. The van der Waals surface area contributed by atoms with Gasteiger partial charge in [0.15, 0.2) is 6.61 Å². The van der Waals surface area contributed by atoms with Gasteiger partial charge in [-0.1, -0.05) is 50.6 Å². The summed E-state index contributed by atoms with van der Waals surface area (Å²) in [5.41, 5.74) is 3.32. The van der Waals surface area contributed by atoms with Crippen LogP contribution in [0.5, 0.6) is 5.75 Å². The molecule has 0 aliphatic carbocycles. The number of halogens is 1. The number of ether oxygens (including phenoxy) is 1. The van der Waals surface area contributed by atoms with Crippen molar-refractivity contribution in [2.24, 2.45) is 0 Å². The standard InChI is InChI=1S/C26H35FN2O2/c1-18-7-12-24(23(13-18)26(4,5)6)31-17-25(30)29-15-19(2)28(14-20(29)3)16-21-8-10-22(27)11-9-21/h7-13,19-20H,14-17H2,1-6H3/t19-,20+/m1/s1. The van der Waals surface area contributed by atoms with Gasteiger partial charge in [0.05, 0.1) is 0 Å². The van der Waals surface area contributed by atoms with Crippen LogP contribution in [0.2, 0.25) is 0 Å². The summed E-state index contributed by atoms with van der Waals surface area (Å²) in [5, 5.41) is 0. The zero-order valence-corrected chi connectivity index (χ0v) is 19.6. The molecule has 0 aromatic heterocycles. The van der Waals surface area contributed by atoms with Crippen LogP contribution in [0.15, 0.2) is 42.5 Å². The van der Waals surface area contributed by atoms with E-state index >= 15 is 0 Å². The summed E-state index contributed by atoms with van der Waals surface area (Å²) in [4.78, 5) is 17.3. The molecule has 1 heterocycles. The monoisotopic (exact) mass is 426 g/mol. The number of benzene rings is 2. The Bertz CT molecular complexity index is 905. The molecule has 0 saturated carbocycles.